The molecule has 1 N–H and O–H groups in total. The molecule has 2 nitrogen and oxygen atoms in total. The summed E-state index contributed by atoms with van der Waals surface area (Å²) in [5.74, 6) is 0. The molecule has 0 radical (unpaired) electrons. The minimum absolute atomic E-state index is 0.153. The Bertz CT molecular complexity index is 631. The average Bonchev–Trinajstić information content (AvgIpc) is 2.40. The van der Waals surface area contributed by atoms with Crippen molar-refractivity contribution in [1.82, 2.24) is 4.98 Å². The van der Waals surface area contributed by atoms with Gasteiger partial charge in [-0.15, -0.1) is 0 Å². The predicted octanol–water partition coefficient (Wildman–Crippen LogP) is 4.49. The van der Waals surface area contributed by atoms with Gasteiger partial charge >= 0.3 is 6.18 Å². The highest BCUT2D eigenvalue weighted by atomic mass is 35.5. The van der Waals surface area contributed by atoms with E-state index in [1.54, 1.807) is 0 Å². The summed E-state index contributed by atoms with van der Waals surface area (Å²) in [4.78, 5) is 3.63. The van der Waals surface area contributed by atoms with Crippen LogP contribution in [0, 0.1) is 0 Å². The van der Waals surface area contributed by atoms with Crippen LogP contribution in [-0.4, -0.2) is 10.1 Å². The molecule has 7 heteroatoms. The molecule has 0 spiro atoms. The number of hydrogen-bond acceptors (Lipinski definition) is 2. The van der Waals surface area contributed by atoms with Crippen LogP contribution in [0.15, 0.2) is 36.7 Å². The summed E-state index contributed by atoms with van der Waals surface area (Å²) in [7, 11) is 0. The zero-order valence-corrected chi connectivity index (χ0v) is 11.3. The zero-order chi connectivity index (χ0) is 14.9. The highest BCUT2D eigenvalue weighted by Crippen LogP contribution is 2.37. The second kappa shape index (κ2) is 5.60. The summed E-state index contributed by atoms with van der Waals surface area (Å²) in [6, 6.07) is 4.95. The Kier molecular flexibility index (Phi) is 4.22. The summed E-state index contributed by atoms with van der Waals surface area (Å²) in [6.45, 7) is 0. The molecule has 0 bridgehead atoms. The monoisotopic (exact) mass is 321 g/mol. The van der Waals surface area contributed by atoms with Crippen molar-refractivity contribution >= 4 is 23.2 Å². The van der Waals surface area contributed by atoms with Crippen molar-refractivity contribution in [3.05, 3.63) is 63.4 Å². The van der Waals surface area contributed by atoms with Crippen molar-refractivity contribution in [2.45, 2.75) is 12.3 Å². The highest BCUT2D eigenvalue weighted by Gasteiger charge is 2.35. The van der Waals surface area contributed by atoms with Gasteiger partial charge in [-0.3, -0.25) is 4.98 Å². The second-order valence-corrected chi connectivity index (χ2v) is 4.85. The van der Waals surface area contributed by atoms with E-state index in [9.17, 15) is 18.3 Å². The molecule has 1 aromatic heterocycles. The van der Waals surface area contributed by atoms with Crippen molar-refractivity contribution in [3.63, 3.8) is 0 Å². The standard InChI is InChI=1S/C13H8Cl2F3NO/c14-10-2-1-7(5-11(10)15)12(20)8-6-19-4-3-9(8)13(16,17)18/h1-6,12,20H. The number of aromatic nitrogens is 1. The third-order valence-electron chi connectivity index (χ3n) is 2.71. The van der Waals surface area contributed by atoms with Gasteiger partial charge < -0.3 is 5.11 Å². The van der Waals surface area contributed by atoms with Gasteiger partial charge in [0.2, 0.25) is 0 Å². The van der Waals surface area contributed by atoms with Crippen molar-refractivity contribution in [2.24, 2.45) is 0 Å². The lowest BCUT2D eigenvalue weighted by Gasteiger charge is -2.17. The summed E-state index contributed by atoms with van der Waals surface area (Å²) < 4.78 is 38.6. The summed E-state index contributed by atoms with van der Waals surface area (Å²) in [5, 5.41) is 10.5. The number of halogens is 5. The van der Waals surface area contributed by atoms with Crippen LogP contribution in [0.4, 0.5) is 13.2 Å². The number of benzene rings is 1. The molecular weight excluding hydrogens is 314 g/mol. The first-order valence-electron chi connectivity index (χ1n) is 5.45. The first-order chi connectivity index (χ1) is 9.30. The van der Waals surface area contributed by atoms with Crippen molar-refractivity contribution < 1.29 is 18.3 Å². The van der Waals surface area contributed by atoms with E-state index < -0.39 is 17.8 Å². The number of pyridine rings is 1. The van der Waals surface area contributed by atoms with Gasteiger partial charge in [0.05, 0.1) is 15.6 Å². The summed E-state index contributed by atoms with van der Waals surface area (Å²) in [6.07, 6.45) is -4.06. The van der Waals surface area contributed by atoms with Gasteiger partial charge in [0.15, 0.2) is 0 Å². The van der Waals surface area contributed by atoms with Gasteiger partial charge in [-0.25, -0.2) is 0 Å². The van der Waals surface area contributed by atoms with Gasteiger partial charge in [0.1, 0.15) is 6.10 Å². The number of rotatable bonds is 2. The van der Waals surface area contributed by atoms with Crippen LogP contribution < -0.4 is 0 Å². The van der Waals surface area contributed by atoms with Gasteiger partial charge in [-0.2, -0.15) is 13.2 Å². The van der Waals surface area contributed by atoms with Gasteiger partial charge in [-0.1, -0.05) is 29.3 Å². The maximum absolute atomic E-state index is 12.9. The van der Waals surface area contributed by atoms with Crippen LogP contribution in [0.2, 0.25) is 10.0 Å². The molecule has 0 aliphatic heterocycles. The maximum atomic E-state index is 12.9. The number of aliphatic hydroxyl groups excluding tert-OH is 1. The molecule has 0 aliphatic carbocycles. The molecule has 2 rings (SSSR count). The van der Waals surface area contributed by atoms with Crippen molar-refractivity contribution in [1.29, 1.82) is 0 Å². The molecule has 2 aromatic rings. The van der Waals surface area contributed by atoms with Crippen LogP contribution in [0.25, 0.3) is 0 Å². The van der Waals surface area contributed by atoms with E-state index in [-0.39, 0.29) is 21.2 Å². The van der Waals surface area contributed by atoms with E-state index in [4.69, 9.17) is 23.2 Å². The van der Waals surface area contributed by atoms with E-state index in [1.165, 1.54) is 18.2 Å². The number of alkyl halides is 3. The molecule has 1 unspecified atom stereocenters. The lowest BCUT2D eigenvalue weighted by molar-refractivity contribution is -0.139. The van der Waals surface area contributed by atoms with Gasteiger partial charge in [0, 0.05) is 18.0 Å². The van der Waals surface area contributed by atoms with E-state index >= 15 is 0 Å². The fourth-order valence-corrected chi connectivity index (χ4v) is 2.05. The fourth-order valence-electron chi connectivity index (χ4n) is 1.74. The molecule has 0 saturated carbocycles. The van der Waals surface area contributed by atoms with Crippen molar-refractivity contribution in [3.8, 4) is 0 Å². The van der Waals surface area contributed by atoms with Gasteiger partial charge in [-0.05, 0) is 23.8 Å². The number of hydrogen-bond donors (Lipinski definition) is 1. The molecule has 106 valence electrons. The minimum Gasteiger partial charge on any atom is -0.384 e. The molecule has 1 aromatic carbocycles. The lowest BCUT2D eigenvalue weighted by atomic mass is 9.98. The average molecular weight is 322 g/mol. The Morgan fingerprint density at radius 3 is 2.40 bits per heavy atom. The molecule has 0 amide bonds. The molecule has 0 aliphatic rings. The molecule has 20 heavy (non-hydrogen) atoms. The smallest absolute Gasteiger partial charge is 0.384 e. The third-order valence-corrected chi connectivity index (χ3v) is 3.45. The fraction of sp³-hybridized carbons (Fsp3) is 0.154. The van der Waals surface area contributed by atoms with E-state index in [1.807, 2.05) is 0 Å². The first kappa shape index (κ1) is 15.1. The Morgan fingerprint density at radius 1 is 1.10 bits per heavy atom. The quantitative estimate of drug-likeness (QED) is 0.884. The van der Waals surface area contributed by atoms with Crippen LogP contribution >= 0.6 is 23.2 Å². The van der Waals surface area contributed by atoms with Crippen LogP contribution in [0.1, 0.15) is 22.8 Å². The Balaban J connectivity index is 2.48. The van der Waals surface area contributed by atoms with E-state index in [0.717, 1.165) is 18.5 Å². The summed E-state index contributed by atoms with van der Waals surface area (Å²) >= 11 is 11.5. The largest absolute Gasteiger partial charge is 0.416 e. The number of nitrogens with zero attached hydrogens (tertiary/aromatic N) is 1. The Labute approximate surface area is 122 Å². The maximum Gasteiger partial charge on any atom is 0.416 e. The van der Waals surface area contributed by atoms with Gasteiger partial charge in [0.25, 0.3) is 0 Å². The first-order valence-corrected chi connectivity index (χ1v) is 6.20. The minimum atomic E-state index is -4.57. The topological polar surface area (TPSA) is 33.1 Å². The van der Waals surface area contributed by atoms with E-state index in [2.05, 4.69) is 4.98 Å². The third kappa shape index (κ3) is 3.06. The molecular formula is C13H8Cl2F3NO. The Morgan fingerprint density at radius 2 is 1.80 bits per heavy atom. The number of aliphatic hydroxyl groups is 1. The SMILES string of the molecule is OC(c1ccc(Cl)c(Cl)c1)c1cnccc1C(F)(F)F. The van der Waals surface area contributed by atoms with Crippen LogP contribution in [0.5, 0.6) is 0 Å². The normalized spacial score (nSPS) is 13.3. The zero-order valence-electron chi connectivity index (χ0n) is 9.83. The molecule has 1 atom stereocenters. The summed E-state index contributed by atoms with van der Waals surface area (Å²) in [5.41, 5.74) is -1.07. The predicted molar refractivity (Wildman–Crippen MR) is 69.8 cm³/mol. The van der Waals surface area contributed by atoms with E-state index in [0.29, 0.717) is 0 Å². The molecule has 0 fully saturated rings. The Hall–Kier alpha value is -1.30. The van der Waals surface area contributed by atoms with Crippen LogP contribution in [-0.2, 0) is 6.18 Å². The highest BCUT2D eigenvalue weighted by molar-refractivity contribution is 6.42. The molecule has 1 heterocycles. The van der Waals surface area contributed by atoms with Crippen molar-refractivity contribution in [2.75, 3.05) is 0 Å². The lowest BCUT2D eigenvalue weighted by Crippen LogP contribution is -2.13. The van der Waals surface area contributed by atoms with Crippen LogP contribution in [0.3, 0.4) is 0 Å². The molecule has 0 saturated heterocycles. The second-order valence-electron chi connectivity index (χ2n) is 4.04.